The zero-order chi connectivity index (χ0) is 16.8. The van der Waals surface area contributed by atoms with Crippen molar-refractivity contribution in [1.29, 1.82) is 0 Å². The van der Waals surface area contributed by atoms with Gasteiger partial charge in [0.05, 0.1) is 17.5 Å². The van der Waals surface area contributed by atoms with E-state index < -0.39 is 5.91 Å². The number of carbonyl (C=O) groups excluding carboxylic acids is 2. The van der Waals surface area contributed by atoms with Crippen LogP contribution in [0.5, 0.6) is 0 Å². The van der Waals surface area contributed by atoms with E-state index in [1.54, 1.807) is 48.7 Å². The number of ketones is 1. The smallest absolute Gasteiger partial charge is 0.259 e. The minimum absolute atomic E-state index is 0.0903. The Balaban J connectivity index is 1.93. The topological polar surface area (TPSA) is 59.1 Å². The zero-order valence-corrected chi connectivity index (χ0v) is 13.5. The van der Waals surface area contributed by atoms with Crippen molar-refractivity contribution in [2.45, 2.75) is 0 Å². The molecule has 4 nitrogen and oxygen atoms in total. The number of carbonyl (C=O) groups is 2. The van der Waals surface area contributed by atoms with Crippen LogP contribution in [0.4, 0.5) is 5.69 Å². The van der Waals surface area contributed by atoms with Gasteiger partial charge < -0.3 is 5.32 Å². The van der Waals surface area contributed by atoms with Crippen LogP contribution in [0.1, 0.15) is 15.2 Å². The van der Waals surface area contributed by atoms with Crippen molar-refractivity contribution in [3.8, 4) is 0 Å². The third-order valence-electron chi connectivity index (χ3n) is 3.27. The molecule has 1 N–H and O–H groups in total. The van der Waals surface area contributed by atoms with E-state index in [-0.39, 0.29) is 11.4 Å². The van der Waals surface area contributed by atoms with Gasteiger partial charge in [-0.3, -0.25) is 14.6 Å². The molecule has 0 aliphatic rings. The highest BCUT2D eigenvalue weighted by atomic mass is 32.1. The Morgan fingerprint density at radius 2 is 1.83 bits per heavy atom. The Labute approximate surface area is 143 Å². The highest BCUT2D eigenvalue weighted by molar-refractivity contribution is 7.10. The molecule has 3 aromatic rings. The van der Waals surface area contributed by atoms with E-state index in [0.717, 1.165) is 4.88 Å². The summed E-state index contributed by atoms with van der Waals surface area (Å²) in [6.45, 7) is 0. The normalized spacial score (nSPS) is 11.1. The van der Waals surface area contributed by atoms with Gasteiger partial charge in [-0.05, 0) is 29.7 Å². The molecule has 0 saturated heterocycles. The molecule has 5 heteroatoms. The summed E-state index contributed by atoms with van der Waals surface area (Å²) in [5.74, 6) is -0.768. The maximum Gasteiger partial charge on any atom is 0.259 e. The summed E-state index contributed by atoms with van der Waals surface area (Å²) in [5, 5.41) is 4.62. The van der Waals surface area contributed by atoms with Crippen LogP contribution in [0.2, 0.25) is 0 Å². The van der Waals surface area contributed by atoms with Gasteiger partial charge >= 0.3 is 0 Å². The predicted molar refractivity (Wildman–Crippen MR) is 95.9 cm³/mol. The maximum absolute atomic E-state index is 12.8. The molecule has 0 aliphatic heterocycles. The molecule has 0 bridgehead atoms. The summed E-state index contributed by atoms with van der Waals surface area (Å²) in [6, 6.07) is 15.9. The first-order valence-electron chi connectivity index (χ1n) is 7.30. The first kappa shape index (κ1) is 15.8. The Kier molecular flexibility index (Phi) is 4.93. The highest BCUT2D eigenvalue weighted by Crippen LogP contribution is 2.18. The summed E-state index contributed by atoms with van der Waals surface area (Å²) in [5.41, 5.74) is 1.11. The van der Waals surface area contributed by atoms with E-state index in [9.17, 15) is 9.59 Å². The molecular formula is C19H14N2O2S. The average molecular weight is 334 g/mol. The molecule has 0 unspecified atom stereocenters. The number of amides is 1. The van der Waals surface area contributed by atoms with Crippen LogP contribution in [-0.4, -0.2) is 16.7 Å². The summed E-state index contributed by atoms with van der Waals surface area (Å²) in [4.78, 5) is 30.2. The number of benzene rings is 1. The number of rotatable bonds is 5. The fourth-order valence-electron chi connectivity index (χ4n) is 2.13. The van der Waals surface area contributed by atoms with Gasteiger partial charge in [-0.1, -0.05) is 36.4 Å². The van der Waals surface area contributed by atoms with E-state index in [2.05, 4.69) is 10.3 Å². The van der Waals surface area contributed by atoms with Crippen LogP contribution in [0, 0.1) is 0 Å². The first-order valence-corrected chi connectivity index (χ1v) is 8.18. The van der Waals surface area contributed by atoms with E-state index in [0.29, 0.717) is 11.3 Å². The number of anilines is 1. The van der Waals surface area contributed by atoms with Crippen LogP contribution in [0.15, 0.2) is 77.9 Å². The van der Waals surface area contributed by atoms with Crippen LogP contribution >= 0.6 is 11.3 Å². The zero-order valence-electron chi connectivity index (χ0n) is 12.7. The average Bonchev–Trinajstić information content (AvgIpc) is 3.14. The lowest BCUT2D eigenvalue weighted by atomic mass is 10.0. The molecule has 0 radical (unpaired) electrons. The number of aromatic nitrogens is 1. The molecular weight excluding hydrogens is 320 g/mol. The number of hydrogen-bond donors (Lipinski definition) is 1. The highest BCUT2D eigenvalue weighted by Gasteiger charge is 2.20. The molecule has 0 aliphatic carbocycles. The monoisotopic (exact) mass is 334 g/mol. The fourth-order valence-corrected chi connectivity index (χ4v) is 2.79. The molecule has 2 aromatic heterocycles. The Bertz CT molecular complexity index is 857. The van der Waals surface area contributed by atoms with E-state index in [1.807, 2.05) is 23.6 Å². The van der Waals surface area contributed by atoms with Crippen molar-refractivity contribution in [1.82, 2.24) is 4.98 Å². The lowest BCUT2D eigenvalue weighted by Gasteiger charge is -2.08. The SMILES string of the molecule is O=C(Nc1cccnc1)/C(=C/c1cccs1)C(=O)c1ccccc1. The number of pyridine rings is 1. The number of nitrogens with zero attached hydrogens (tertiary/aromatic N) is 1. The quantitative estimate of drug-likeness (QED) is 0.331. The van der Waals surface area contributed by atoms with E-state index in [4.69, 9.17) is 0 Å². The van der Waals surface area contributed by atoms with Crippen molar-refractivity contribution in [2.75, 3.05) is 5.32 Å². The number of Topliss-reactive ketones (excluding diaryl/α,β-unsaturated/α-hetero) is 1. The van der Waals surface area contributed by atoms with Gasteiger partial charge in [0.1, 0.15) is 0 Å². The molecule has 1 amide bonds. The van der Waals surface area contributed by atoms with Crippen LogP contribution in [-0.2, 0) is 4.79 Å². The molecule has 0 spiro atoms. The van der Waals surface area contributed by atoms with Crippen molar-refractivity contribution in [2.24, 2.45) is 0 Å². The predicted octanol–water partition coefficient (Wildman–Crippen LogP) is 4.05. The number of thiophene rings is 1. The van der Waals surface area contributed by atoms with Gasteiger partial charge in [0.25, 0.3) is 5.91 Å². The number of nitrogens with one attached hydrogen (secondary N) is 1. The summed E-state index contributed by atoms with van der Waals surface area (Å²) < 4.78 is 0. The molecule has 0 atom stereocenters. The van der Waals surface area contributed by atoms with Crippen molar-refractivity contribution >= 4 is 34.8 Å². The molecule has 0 saturated carbocycles. The van der Waals surface area contributed by atoms with E-state index in [1.165, 1.54) is 17.5 Å². The summed E-state index contributed by atoms with van der Waals surface area (Å²) in [7, 11) is 0. The second-order valence-corrected chi connectivity index (χ2v) is 5.94. The lowest BCUT2D eigenvalue weighted by molar-refractivity contribution is -0.112. The minimum atomic E-state index is -0.453. The van der Waals surface area contributed by atoms with Crippen molar-refractivity contribution in [3.63, 3.8) is 0 Å². The number of hydrogen-bond acceptors (Lipinski definition) is 4. The summed E-state index contributed by atoms with van der Waals surface area (Å²) in [6.07, 6.45) is 4.77. The largest absolute Gasteiger partial charge is 0.320 e. The molecule has 3 rings (SSSR count). The molecule has 2 heterocycles. The minimum Gasteiger partial charge on any atom is -0.320 e. The van der Waals surface area contributed by atoms with Crippen LogP contribution in [0.25, 0.3) is 6.08 Å². The maximum atomic E-state index is 12.8. The van der Waals surface area contributed by atoms with Gasteiger partial charge in [-0.2, -0.15) is 0 Å². The third kappa shape index (κ3) is 3.83. The fraction of sp³-hybridized carbons (Fsp3) is 0. The second-order valence-electron chi connectivity index (χ2n) is 4.96. The molecule has 0 fully saturated rings. The molecule has 24 heavy (non-hydrogen) atoms. The Hall–Kier alpha value is -3.05. The van der Waals surface area contributed by atoms with E-state index >= 15 is 0 Å². The van der Waals surface area contributed by atoms with Crippen molar-refractivity contribution < 1.29 is 9.59 Å². The second kappa shape index (κ2) is 7.48. The van der Waals surface area contributed by atoms with Gasteiger partial charge in [-0.15, -0.1) is 11.3 Å². The summed E-state index contributed by atoms with van der Waals surface area (Å²) >= 11 is 1.47. The first-order chi connectivity index (χ1) is 11.7. The third-order valence-corrected chi connectivity index (χ3v) is 4.09. The van der Waals surface area contributed by atoms with Gasteiger partial charge in [0, 0.05) is 16.6 Å². The van der Waals surface area contributed by atoms with Crippen LogP contribution in [0.3, 0.4) is 0 Å². The lowest BCUT2D eigenvalue weighted by Crippen LogP contribution is -2.20. The molecule has 1 aromatic carbocycles. The van der Waals surface area contributed by atoms with Crippen molar-refractivity contribution in [3.05, 3.63) is 88.4 Å². The van der Waals surface area contributed by atoms with Crippen LogP contribution < -0.4 is 5.32 Å². The standard InChI is InChI=1S/C19H14N2O2S/c22-18(14-6-2-1-3-7-14)17(12-16-9-5-11-24-16)19(23)21-15-8-4-10-20-13-15/h1-13H,(H,21,23)/b17-12+. The van der Waals surface area contributed by atoms with Gasteiger partial charge in [-0.25, -0.2) is 0 Å². The Morgan fingerprint density at radius 3 is 2.50 bits per heavy atom. The van der Waals surface area contributed by atoms with Gasteiger partial charge in [0.15, 0.2) is 5.78 Å². The Morgan fingerprint density at radius 1 is 1.00 bits per heavy atom. The van der Waals surface area contributed by atoms with Gasteiger partial charge in [0.2, 0.25) is 0 Å². The molecule has 118 valence electrons.